The van der Waals surface area contributed by atoms with Crippen LogP contribution in [0.5, 0.6) is 5.75 Å². The molecule has 19 heteroatoms. The number of oxime groups is 1. The molecule has 2 aliphatic heterocycles. The smallest absolute Gasteiger partial charge is 0.350 e. The zero-order valence-electron chi connectivity index (χ0n) is 24.7. The fourth-order valence-electron chi connectivity index (χ4n) is 4.40. The first-order chi connectivity index (χ1) is 22.2. The normalized spacial score (nSPS) is 18.0. The van der Waals surface area contributed by atoms with Crippen LogP contribution in [0, 0.1) is 0 Å². The summed E-state index contributed by atoms with van der Waals surface area (Å²) < 4.78 is 1.81. The van der Waals surface area contributed by atoms with Gasteiger partial charge in [-0.2, -0.15) is 4.57 Å². The molecule has 0 spiro atoms. The van der Waals surface area contributed by atoms with Gasteiger partial charge in [0.05, 0.1) is 17.4 Å². The largest absolute Gasteiger partial charge is 0.543 e. The fraction of sp³-hybridized carbons (Fsp3) is 0.286. The van der Waals surface area contributed by atoms with E-state index in [1.807, 2.05) is 16.7 Å². The highest BCUT2D eigenvalue weighted by atomic mass is 32.2. The number of aliphatic carboxylic acids is 2. The Bertz CT molecular complexity index is 1870. The number of nitrogen functional groups attached to an aromatic ring is 1. The van der Waals surface area contributed by atoms with E-state index in [2.05, 4.69) is 20.4 Å². The van der Waals surface area contributed by atoms with Crippen molar-refractivity contribution in [3.8, 4) is 5.75 Å². The number of carbonyl (C=O) groups excluding carboxylic acids is 3. The molecular formula is C28H27N7O9S3. The second-order valence-corrected chi connectivity index (χ2v) is 13.8. The van der Waals surface area contributed by atoms with Gasteiger partial charge in [-0.25, -0.2) is 9.78 Å². The summed E-state index contributed by atoms with van der Waals surface area (Å²) in [6, 6.07) is 3.83. The minimum Gasteiger partial charge on any atom is -0.543 e. The number of nitrogens with zero attached hydrogens (tertiary/aromatic N) is 4. The zero-order chi connectivity index (χ0) is 34.0. The SMILES string of the molecule is CC(C)(O/N=C(\C(=O)N[C@@H]1C(=O)N2C(C(=O)[O-])=C(CSc3cc[n+](Cc4cc(=O)c(O)c[nH]4)cc3)CS[C@H]12)c1csc(N)n1)C(=O)O. The summed E-state index contributed by atoms with van der Waals surface area (Å²) in [5, 5.41) is 38.0. The molecule has 0 radical (unpaired) electrons. The van der Waals surface area contributed by atoms with Gasteiger partial charge >= 0.3 is 5.97 Å². The summed E-state index contributed by atoms with van der Waals surface area (Å²) in [6.45, 7) is 2.82. The number of aromatic hydroxyl groups is 1. The van der Waals surface area contributed by atoms with Crippen LogP contribution in [0.4, 0.5) is 5.13 Å². The monoisotopic (exact) mass is 701 g/mol. The highest BCUT2D eigenvalue weighted by molar-refractivity contribution is 8.01. The quantitative estimate of drug-likeness (QED) is 0.0513. The van der Waals surface area contributed by atoms with Crippen molar-refractivity contribution >= 4 is 69.5 Å². The average Bonchev–Trinajstić information content (AvgIpc) is 3.46. The highest BCUT2D eigenvalue weighted by Gasteiger charge is 2.53. The lowest BCUT2D eigenvalue weighted by Gasteiger charge is -2.50. The minimum absolute atomic E-state index is 0.00228. The molecule has 5 heterocycles. The molecule has 0 saturated carbocycles. The maximum absolute atomic E-state index is 13.3. The average molecular weight is 702 g/mol. The lowest BCUT2D eigenvalue weighted by molar-refractivity contribution is -0.689. The number of hydrogen-bond acceptors (Lipinski definition) is 14. The molecule has 0 aromatic carbocycles. The lowest BCUT2D eigenvalue weighted by Crippen LogP contribution is -2.71. The standard InChI is InChI=1S/C28H27N7O9S3/c1-28(2,26(42)43)44-33-19(16-12-47-27(29)31-16)22(38)32-20-23(39)35-21(25(40)41)13(11-46-24(20)35)10-45-15-3-5-34(6-4-15)9-14-7-17(36)18(37)8-30-14/h3-8,12,20,24H,9-11H2,1-2H3,(H6-,29,30,31,32,33,36,37,38,40,41,42,43)/t20-,24-/m1/s1. The number of thioether (sulfide) groups is 2. The number of hydrogen-bond donors (Lipinski definition) is 5. The fourth-order valence-corrected chi connectivity index (χ4v) is 7.32. The molecule has 6 N–H and O–H groups in total. The molecule has 3 aromatic heterocycles. The van der Waals surface area contributed by atoms with Gasteiger partial charge in [-0.05, 0) is 19.4 Å². The Morgan fingerprint density at radius 1 is 1.32 bits per heavy atom. The number of nitrogens with one attached hydrogen (secondary N) is 2. The van der Waals surface area contributed by atoms with E-state index in [0.29, 0.717) is 17.8 Å². The number of pyridine rings is 2. The third-order valence-electron chi connectivity index (χ3n) is 6.97. The topological polar surface area (TPSA) is 244 Å². The molecule has 246 valence electrons. The summed E-state index contributed by atoms with van der Waals surface area (Å²) >= 11 is 3.63. The number of rotatable bonds is 12. The Morgan fingerprint density at radius 2 is 2.04 bits per heavy atom. The van der Waals surface area contributed by atoms with Gasteiger partial charge in [-0.3, -0.25) is 19.3 Å². The van der Waals surface area contributed by atoms with Crippen molar-refractivity contribution in [2.75, 3.05) is 17.2 Å². The lowest BCUT2D eigenvalue weighted by atomic mass is 10.0. The van der Waals surface area contributed by atoms with Crippen molar-refractivity contribution in [1.82, 2.24) is 20.2 Å². The van der Waals surface area contributed by atoms with Gasteiger partial charge < -0.3 is 41.0 Å². The van der Waals surface area contributed by atoms with Gasteiger partial charge in [0.25, 0.3) is 11.8 Å². The Hall–Kier alpha value is -4.88. The molecular weight excluding hydrogens is 675 g/mol. The number of anilines is 1. The van der Waals surface area contributed by atoms with Crippen LogP contribution in [0.3, 0.4) is 0 Å². The highest BCUT2D eigenvalue weighted by Crippen LogP contribution is 2.41. The van der Waals surface area contributed by atoms with E-state index in [4.69, 9.17) is 10.6 Å². The molecule has 1 fully saturated rings. The predicted molar refractivity (Wildman–Crippen MR) is 168 cm³/mol. The van der Waals surface area contributed by atoms with Gasteiger partial charge in [0.2, 0.25) is 11.0 Å². The van der Waals surface area contributed by atoms with E-state index in [9.17, 15) is 39.3 Å². The number of amides is 2. The number of carbonyl (C=O) groups is 4. The maximum Gasteiger partial charge on any atom is 0.350 e. The third-order valence-corrected chi connectivity index (χ3v) is 10.1. The van der Waals surface area contributed by atoms with E-state index in [-0.39, 0.29) is 33.8 Å². The Morgan fingerprint density at radius 3 is 2.66 bits per heavy atom. The molecule has 5 rings (SSSR count). The van der Waals surface area contributed by atoms with E-state index in [1.54, 1.807) is 12.4 Å². The van der Waals surface area contributed by atoms with Crippen LogP contribution in [-0.4, -0.2) is 83.1 Å². The van der Waals surface area contributed by atoms with Gasteiger partial charge in [0.15, 0.2) is 35.5 Å². The summed E-state index contributed by atoms with van der Waals surface area (Å²) in [5.41, 5.74) is 3.82. The number of aromatic amines is 1. The Kier molecular flexibility index (Phi) is 9.59. The van der Waals surface area contributed by atoms with Crippen molar-refractivity contribution in [2.45, 2.75) is 42.3 Å². The van der Waals surface area contributed by atoms with Crippen LogP contribution >= 0.6 is 34.9 Å². The van der Waals surface area contributed by atoms with E-state index < -0.39 is 51.9 Å². The molecule has 0 aliphatic carbocycles. The first kappa shape index (κ1) is 33.5. The van der Waals surface area contributed by atoms with Crippen molar-refractivity contribution in [1.29, 1.82) is 0 Å². The summed E-state index contributed by atoms with van der Waals surface area (Å²) in [6.07, 6.45) is 4.79. The molecule has 2 amide bonds. The zero-order valence-corrected chi connectivity index (χ0v) is 27.1. The van der Waals surface area contributed by atoms with E-state index >= 15 is 0 Å². The molecule has 2 aliphatic rings. The van der Waals surface area contributed by atoms with E-state index in [0.717, 1.165) is 21.1 Å². The summed E-state index contributed by atoms with van der Waals surface area (Å²) in [7, 11) is 0. The first-order valence-corrected chi connectivity index (χ1v) is 16.6. The van der Waals surface area contributed by atoms with Crippen LogP contribution < -0.4 is 26.2 Å². The molecule has 0 unspecified atom stereocenters. The van der Waals surface area contributed by atoms with Crippen LogP contribution in [0.15, 0.2) is 68.3 Å². The molecule has 47 heavy (non-hydrogen) atoms. The van der Waals surface area contributed by atoms with E-state index in [1.165, 1.54) is 55.0 Å². The van der Waals surface area contributed by atoms with Gasteiger partial charge in [0, 0.05) is 46.2 Å². The Labute approximate surface area is 278 Å². The first-order valence-electron chi connectivity index (χ1n) is 13.7. The number of β-lactam (4-membered cyclic amide) rings is 1. The minimum atomic E-state index is -1.78. The molecule has 16 nitrogen and oxygen atoms in total. The van der Waals surface area contributed by atoms with Crippen LogP contribution in [-0.2, 0) is 30.6 Å². The predicted octanol–water partition coefficient (Wildman–Crippen LogP) is -0.765. The second-order valence-electron chi connectivity index (χ2n) is 10.7. The van der Waals surface area contributed by atoms with Gasteiger partial charge in [0.1, 0.15) is 17.1 Å². The summed E-state index contributed by atoms with van der Waals surface area (Å²) in [4.78, 5) is 75.7. The molecule has 3 aromatic rings. The number of carboxylic acids is 2. The van der Waals surface area contributed by atoms with Crippen LogP contribution in [0.1, 0.15) is 25.2 Å². The Balaban J connectivity index is 1.26. The van der Waals surface area contributed by atoms with Crippen molar-refractivity contribution in [2.24, 2.45) is 5.16 Å². The van der Waals surface area contributed by atoms with Crippen LogP contribution in [0.25, 0.3) is 0 Å². The van der Waals surface area contributed by atoms with Gasteiger partial charge in [-0.15, -0.1) is 34.9 Å². The van der Waals surface area contributed by atoms with Crippen molar-refractivity contribution in [3.63, 3.8) is 0 Å². The van der Waals surface area contributed by atoms with Crippen LogP contribution in [0.2, 0.25) is 0 Å². The number of H-pyrrole nitrogens is 1. The van der Waals surface area contributed by atoms with Crippen molar-refractivity contribution in [3.05, 3.63) is 75.1 Å². The second kappa shape index (κ2) is 13.5. The third kappa shape index (κ3) is 7.26. The molecule has 1 saturated heterocycles. The molecule has 0 bridgehead atoms. The number of nitrogens with two attached hydrogens (primary N) is 1. The number of fused-ring (bicyclic) bond motifs is 1. The number of aromatic nitrogens is 3. The molecule has 2 atom stereocenters. The number of thiazole rings is 1. The van der Waals surface area contributed by atoms with Gasteiger partial charge in [-0.1, -0.05) is 5.16 Å². The number of carboxylic acid groups (broad SMARTS) is 2. The summed E-state index contributed by atoms with van der Waals surface area (Å²) in [5.74, 6) is -4.30. The van der Waals surface area contributed by atoms with Crippen molar-refractivity contribution < 1.29 is 43.9 Å². The maximum atomic E-state index is 13.3.